The molecule has 21 heavy (non-hydrogen) atoms. The van der Waals surface area contributed by atoms with E-state index >= 15 is 0 Å². The van der Waals surface area contributed by atoms with Gasteiger partial charge >= 0.3 is 0 Å². The predicted molar refractivity (Wildman–Crippen MR) is 71.6 cm³/mol. The van der Waals surface area contributed by atoms with Gasteiger partial charge in [0, 0.05) is 24.5 Å². The first kappa shape index (κ1) is 14.2. The number of benzene rings is 1. The smallest absolute Gasteiger partial charge is 0.242 e. The van der Waals surface area contributed by atoms with E-state index in [0.717, 1.165) is 0 Å². The molecule has 1 aromatic carbocycles. The molecule has 8 heteroatoms. The average Bonchev–Trinajstić information content (AvgIpc) is 2.49. The molecular weight excluding hydrogens is 272 g/mol. The lowest BCUT2D eigenvalue weighted by molar-refractivity contribution is -0.121. The lowest BCUT2D eigenvalue weighted by atomic mass is 10.0. The Labute approximate surface area is 120 Å². The fourth-order valence-electron chi connectivity index (χ4n) is 1.70. The molecule has 0 spiro atoms. The number of nitrogens with one attached hydrogen (secondary N) is 1. The molecule has 2 N–H and O–H groups in total. The van der Waals surface area contributed by atoms with Crippen LogP contribution >= 0.6 is 0 Å². The van der Waals surface area contributed by atoms with E-state index in [0.29, 0.717) is 29.8 Å². The lowest BCUT2D eigenvalue weighted by Crippen LogP contribution is -2.25. The van der Waals surface area contributed by atoms with Gasteiger partial charge in [0.05, 0.1) is 11.4 Å². The number of carbonyl (C=O) groups is 1. The van der Waals surface area contributed by atoms with Crippen LogP contribution in [0.2, 0.25) is 0 Å². The summed E-state index contributed by atoms with van der Waals surface area (Å²) in [6, 6.07) is 6.66. The number of hydrazone groups is 1. The van der Waals surface area contributed by atoms with Crippen molar-refractivity contribution in [3.05, 3.63) is 23.8 Å². The number of amides is 1. The standard InChI is InChI=1S/C13H10N6O2/c14-6-9(7-15)17-16-8-1-2-10(12(20)5-8)11-3-4-13(21)19-18-11/h1-2,5,9,20H,3-4H2,(H,19,21). The van der Waals surface area contributed by atoms with Crippen molar-refractivity contribution in [1.29, 1.82) is 10.5 Å². The number of rotatable bonds is 3. The predicted octanol–water partition coefficient (Wildman–Crippen LogP) is 1.51. The Kier molecular flexibility index (Phi) is 4.22. The van der Waals surface area contributed by atoms with Gasteiger partial charge in [-0.3, -0.25) is 4.79 Å². The summed E-state index contributed by atoms with van der Waals surface area (Å²) in [6.45, 7) is 0. The van der Waals surface area contributed by atoms with Crippen LogP contribution in [-0.4, -0.2) is 22.8 Å². The SMILES string of the molecule is N#CC(C#N)N=Nc1ccc(C2=NNC(=O)CC2)c(O)c1. The Balaban J connectivity index is 2.21. The van der Waals surface area contributed by atoms with Crippen molar-refractivity contribution in [3.8, 4) is 17.9 Å². The first-order valence-corrected chi connectivity index (χ1v) is 6.03. The zero-order valence-corrected chi connectivity index (χ0v) is 10.8. The second kappa shape index (κ2) is 6.26. The average molecular weight is 282 g/mol. The number of carbonyl (C=O) groups excluding carboxylic acids is 1. The van der Waals surface area contributed by atoms with Gasteiger partial charge in [0.25, 0.3) is 0 Å². The molecule has 8 nitrogen and oxygen atoms in total. The Morgan fingerprint density at radius 2 is 2.10 bits per heavy atom. The van der Waals surface area contributed by atoms with E-state index in [1.807, 2.05) is 0 Å². The summed E-state index contributed by atoms with van der Waals surface area (Å²) in [5, 5.41) is 38.2. The fourth-order valence-corrected chi connectivity index (χ4v) is 1.70. The molecule has 1 heterocycles. The van der Waals surface area contributed by atoms with Crippen LogP contribution in [0.4, 0.5) is 5.69 Å². The fraction of sp³-hybridized carbons (Fsp3) is 0.231. The van der Waals surface area contributed by atoms with Crippen molar-refractivity contribution >= 4 is 17.3 Å². The van der Waals surface area contributed by atoms with Crippen molar-refractivity contribution < 1.29 is 9.90 Å². The molecule has 0 unspecified atom stereocenters. The summed E-state index contributed by atoms with van der Waals surface area (Å²) >= 11 is 0. The highest BCUT2D eigenvalue weighted by molar-refractivity contribution is 6.06. The van der Waals surface area contributed by atoms with E-state index in [4.69, 9.17) is 10.5 Å². The topological polar surface area (TPSA) is 134 Å². The van der Waals surface area contributed by atoms with E-state index in [2.05, 4.69) is 20.8 Å². The largest absolute Gasteiger partial charge is 0.507 e. The van der Waals surface area contributed by atoms with Crippen molar-refractivity contribution in [2.45, 2.75) is 18.9 Å². The number of nitrogens with zero attached hydrogens (tertiary/aromatic N) is 5. The first-order chi connectivity index (χ1) is 10.1. The summed E-state index contributed by atoms with van der Waals surface area (Å²) in [7, 11) is 0. The summed E-state index contributed by atoms with van der Waals surface area (Å²) in [6.07, 6.45) is 0.747. The van der Waals surface area contributed by atoms with E-state index < -0.39 is 6.04 Å². The van der Waals surface area contributed by atoms with Gasteiger partial charge in [0.1, 0.15) is 17.9 Å². The minimum Gasteiger partial charge on any atom is -0.507 e. The number of phenolic OH excluding ortho intramolecular Hbond substituents is 1. The summed E-state index contributed by atoms with van der Waals surface area (Å²) < 4.78 is 0. The van der Waals surface area contributed by atoms with E-state index in [9.17, 15) is 9.90 Å². The van der Waals surface area contributed by atoms with Crippen LogP contribution in [0, 0.1) is 22.7 Å². The second-order valence-electron chi connectivity index (χ2n) is 4.17. The third-order valence-corrected chi connectivity index (χ3v) is 2.73. The molecule has 1 amide bonds. The van der Waals surface area contributed by atoms with Crippen LogP contribution in [0.15, 0.2) is 33.5 Å². The summed E-state index contributed by atoms with van der Waals surface area (Å²) in [4.78, 5) is 11.0. The molecule has 0 radical (unpaired) electrons. The zero-order chi connectivity index (χ0) is 15.2. The van der Waals surface area contributed by atoms with E-state index in [-0.39, 0.29) is 11.7 Å². The molecule has 2 rings (SSSR count). The van der Waals surface area contributed by atoms with Gasteiger partial charge in [0.2, 0.25) is 11.9 Å². The molecule has 0 aliphatic carbocycles. The van der Waals surface area contributed by atoms with Crippen molar-refractivity contribution in [1.82, 2.24) is 5.43 Å². The molecule has 1 aliphatic heterocycles. The van der Waals surface area contributed by atoms with Crippen LogP contribution in [0.1, 0.15) is 18.4 Å². The number of aromatic hydroxyl groups is 1. The summed E-state index contributed by atoms with van der Waals surface area (Å²) in [5.74, 6) is -0.227. The molecule has 0 atom stereocenters. The third-order valence-electron chi connectivity index (χ3n) is 2.73. The highest BCUT2D eigenvalue weighted by Crippen LogP contribution is 2.26. The number of nitriles is 2. The maximum absolute atomic E-state index is 11.0. The molecule has 104 valence electrons. The first-order valence-electron chi connectivity index (χ1n) is 6.03. The minimum absolute atomic E-state index is 0.0631. The zero-order valence-electron chi connectivity index (χ0n) is 10.8. The monoisotopic (exact) mass is 282 g/mol. The van der Waals surface area contributed by atoms with Gasteiger partial charge < -0.3 is 5.11 Å². The third kappa shape index (κ3) is 3.39. The van der Waals surface area contributed by atoms with Crippen molar-refractivity contribution in [2.24, 2.45) is 15.3 Å². The van der Waals surface area contributed by atoms with Gasteiger partial charge in [-0.2, -0.15) is 25.9 Å². The maximum Gasteiger partial charge on any atom is 0.242 e. The molecule has 0 saturated carbocycles. The van der Waals surface area contributed by atoms with Gasteiger partial charge in [-0.1, -0.05) is 0 Å². The van der Waals surface area contributed by atoms with Gasteiger partial charge in [0.15, 0.2) is 0 Å². The normalized spacial score (nSPS) is 14.4. The van der Waals surface area contributed by atoms with Gasteiger partial charge in [-0.15, -0.1) is 0 Å². The molecule has 0 saturated heterocycles. The molecule has 1 aromatic rings. The number of phenols is 1. The van der Waals surface area contributed by atoms with Crippen molar-refractivity contribution in [3.63, 3.8) is 0 Å². The van der Waals surface area contributed by atoms with Crippen LogP contribution in [0.25, 0.3) is 0 Å². The molecule has 0 aromatic heterocycles. The highest BCUT2D eigenvalue weighted by Gasteiger charge is 2.16. The molecule has 0 bridgehead atoms. The second-order valence-corrected chi connectivity index (χ2v) is 4.17. The number of hydrogen-bond donors (Lipinski definition) is 2. The lowest BCUT2D eigenvalue weighted by Gasteiger charge is -2.13. The van der Waals surface area contributed by atoms with Crippen molar-refractivity contribution in [2.75, 3.05) is 0 Å². The van der Waals surface area contributed by atoms with Gasteiger partial charge in [-0.25, -0.2) is 5.43 Å². The Bertz CT molecular complexity index is 696. The Morgan fingerprint density at radius 3 is 2.67 bits per heavy atom. The summed E-state index contributed by atoms with van der Waals surface area (Å²) in [5.41, 5.74) is 3.73. The van der Waals surface area contributed by atoms with E-state index in [1.54, 1.807) is 24.3 Å². The van der Waals surface area contributed by atoms with Crippen LogP contribution in [-0.2, 0) is 4.79 Å². The molecular formula is C13H10N6O2. The molecule has 1 aliphatic rings. The number of hydrogen-bond acceptors (Lipinski definition) is 7. The van der Waals surface area contributed by atoms with Crippen LogP contribution in [0.5, 0.6) is 5.75 Å². The van der Waals surface area contributed by atoms with Crippen LogP contribution in [0.3, 0.4) is 0 Å². The van der Waals surface area contributed by atoms with E-state index in [1.165, 1.54) is 6.07 Å². The Morgan fingerprint density at radius 1 is 1.33 bits per heavy atom. The number of azo groups is 1. The Hall–Kier alpha value is -3.26. The van der Waals surface area contributed by atoms with Gasteiger partial charge in [-0.05, 0) is 12.1 Å². The molecule has 0 fully saturated rings. The maximum atomic E-state index is 11.0. The quantitative estimate of drug-likeness (QED) is 0.812. The highest BCUT2D eigenvalue weighted by atomic mass is 16.3. The van der Waals surface area contributed by atoms with Crippen LogP contribution < -0.4 is 5.43 Å². The minimum atomic E-state index is -1.18.